The Balaban J connectivity index is 1.29. The Labute approximate surface area is 229 Å². The molecule has 2 aliphatic rings. The van der Waals surface area contributed by atoms with Crippen molar-refractivity contribution in [2.24, 2.45) is 0 Å². The molecule has 0 radical (unpaired) electrons. The molecule has 1 aromatic carbocycles. The predicted octanol–water partition coefficient (Wildman–Crippen LogP) is 5.09. The molecule has 3 aromatic rings. The van der Waals surface area contributed by atoms with Gasteiger partial charge in [-0.3, -0.25) is 19.5 Å². The molecule has 5 rings (SSSR count). The molecule has 38 heavy (non-hydrogen) atoms. The van der Waals surface area contributed by atoms with Crippen LogP contribution in [0.2, 0.25) is 0 Å². The highest BCUT2D eigenvalue weighted by Crippen LogP contribution is 2.42. The SMILES string of the molecule is CC(C)(C)OC(=O)N1C(c2cccnc2)SC[C@H]1C(=O)Nc1nc(-c2ccc(C(=O)NC3CC3)cc2)cs1. The van der Waals surface area contributed by atoms with Crippen molar-refractivity contribution in [2.75, 3.05) is 11.1 Å². The number of ether oxygens (including phenoxy) is 1. The summed E-state index contributed by atoms with van der Waals surface area (Å²) in [6, 6.07) is 10.5. The highest BCUT2D eigenvalue weighted by atomic mass is 32.2. The van der Waals surface area contributed by atoms with E-state index in [1.54, 1.807) is 51.4 Å². The van der Waals surface area contributed by atoms with Crippen molar-refractivity contribution >= 4 is 46.1 Å². The predicted molar refractivity (Wildman–Crippen MR) is 148 cm³/mol. The zero-order chi connectivity index (χ0) is 26.9. The van der Waals surface area contributed by atoms with Crippen LogP contribution >= 0.6 is 23.1 Å². The number of thiazole rings is 1. The largest absolute Gasteiger partial charge is 0.444 e. The molecule has 1 aliphatic carbocycles. The lowest BCUT2D eigenvalue weighted by molar-refractivity contribution is -0.120. The summed E-state index contributed by atoms with van der Waals surface area (Å²) in [7, 11) is 0. The molecule has 3 amide bonds. The number of benzene rings is 1. The Morgan fingerprint density at radius 3 is 2.53 bits per heavy atom. The van der Waals surface area contributed by atoms with E-state index in [9.17, 15) is 14.4 Å². The van der Waals surface area contributed by atoms with E-state index in [-0.39, 0.29) is 11.8 Å². The van der Waals surface area contributed by atoms with Crippen LogP contribution < -0.4 is 10.6 Å². The molecular formula is C27H29N5O4S2. The minimum atomic E-state index is -0.739. The second-order valence-corrected chi connectivity index (χ2v) is 12.2. The molecule has 2 atom stereocenters. The number of carbonyl (C=O) groups is 3. The molecule has 198 valence electrons. The second kappa shape index (κ2) is 10.7. The molecule has 0 bridgehead atoms. The van der Waals surface area contributed by atoms with Crippen LogP contribution in [0, 0.1) is 0 Å². The van der Waals surface area contributed by atoms with Gasteiger partial charge in [-0.1, -0.05) is 18.2 Å². The van der Waals surface area contributed by atoms with Gasteiger partial charge < -0.3 is 15.4 Å². The van der Waals surface area contributed by atoms with Crippen molar-refractivity contribution in [3.8, 4) is 11.3 Å². The highest BCUT2D eigenvalue weighted by molar-refractivity contribution is 7.99. The van der Waals surface area contributed by atoms with Gasteiger partial charge in [-0.2, -0.15) is 0 Å². The first-order valence-corrected chi connectivity index (χ1v) is 14.3. The first-order chi connectivity index (χ1) is 18.2. The first kappa shape index (κ1) is 26.2. The van der Waals surface area contributed by atoms with Crippen molar-refractivity contribution in [1.29, 1.82) is 0 Å². The molecular weight excluding hydrogens is 522 g/mol. The minimum Gasteiger partial charge on any atom is -0.444 e. The molecule has 2 N–H and O–H groups in total. The van der Waals surface area contributed by atoms with E-state index < -0.39 is 23.1 Å². The summed E-state index contributed by atoms with van der Waals surface area (Å²) < 4.78 is 5.65. The quantitative estimate of drug-likeness (QED) is 0.439. The Morgan fingerprint density at radius 2 is 1.87 bits per heavy atom. The van der Waals surface area contributed by atoms with Gasteiger partial charge in [-0.15, -0.1) is 23.1 Å². The van der Waals surface area contributed by atoms with Gasteiger partial charge in [-0.05, 0) is 51.8 Å². The number of hydrogen-bond acceptors (Lipinski definition) is 8. The van der Waals surface area contributed by atoms with Crippen LogP contribution in [0.25, 0.3) is 11.3 Å². The van der Waals surface area contributed by atoms with Crippen LogP contribution in [-0.4, -0.2) is 56.2 Å². The van der Waals surface area contributed by atoms with Crippen molar-refractivity contribution < 1.29 is 19.1 Å². The Hall–Kier alpha value is -3.44. The zero-order valence-corrected chi connectivity index (χ0v) is 23.0. The Bertz CT molecular complexity index is 1320. The molecule has 1 saturated heterocycles. The summed E-state index contributed by atoms with van der Waals surface area (Å²) in [4.78, 5) is 49.0. The van der Waals surface area contributed by atoms with E-state index in [0.717, 1.165) is 24.0 Å². The molecule has 1 aliphatic heterocycles. The van der Waals surface area contributed by atoms with Crippen molar-refractivity contribution in [2.45, 2.75) is 56.7 Å². The Kier molecular flexibility index (Phi) is 7.40. The van der Waals surface area contributed by atoms with E-state index >= 15 is 0 Å². The fraction of sp³-hybridized carbons (Fsp3) is 0.370. The average Bonchev–Trinajstić information content (AvgIpc) is 3.38. The number of aromatic nitrogens is 2. The van der Waals surface area contributed by atoms with Gasteiger partial charge in [0.15, 0.2) is 5.13 Å². The number of hydrogen-bond donors (Lipinski definition) is 2. The van der Waals surface area contributed by atoms with Gasteiger partial charge in [0.1, 0.15) is 17.0 Å². The van der Waals surface area contributed by atoms with Crippen LogP contribution in [0.4, 0.5) is 9.93 Å². The van der Waals surface area contributed by atoms with Crippen LogP contribution in [0.5, 0.6) is 0 Å². The Morgan fingerprint density at radius 1 is 1.11 bits per heavy atom. The molecule has 11 heteroatoms. The number of pyridine rings is 1. The lowest BCUT2D eigenvalue weighted by atomic mass is 10.1. The third-order valence-electron chi connectivity index (χ3n) is 5.97. The molecule has 9 nitrogen and oxygen atoms in total. The summed E-state index contributed by atoms with van der Waals surface area (Å²) in [5, 5.41) is 7.74. The smallest absolute Gasteiger partial charge is 0.412 e. The van der Waals surface area contributed by atoms with Crippen molar-refractivity contribution in [1.82, 2.24) is 20.2 Å². The molecule has 0 spiro atoms. The molecule has 2 fully saturated rings. The third-order valence-corrected chi connectivity index (χ3v) is 8.05. The number of anilines is 1. The minimum absolute atomic E-state index is 0.0705. The van der Waals surface area contributed by atoms with Crippen LogP contribution in [0.3, 0.4) is 0 Å². The number of nitrogens with one attached hydrogen (secondary N) is 2. The van der Waals surface area contributed by atoms with E-state index in [0.29, 0.717) is 28.2 Å². The summed E-state index contributed by atoms with van der Waals surface area (Å²) in [6.45, 7) is 5.39. The van der Waals surface area contributed by atoms with Crippen LogP contribution in [0.15, 0.2) is 54.2 Å². The van der Waals surface area contributed by atoms with Gasteiger partial charge in [0.25, 0.3) is 5.91 Å². The van der Waals surface area contributed by atoms with Gasteiger partial charge in [0.05, 0.1) is 5.69 Å². The molecule has 3 heterocycles. The number of thioether (sulfide) groups is 1. The standard InChI is InChI=1S/C27H29N5O4S2/c1-27(2,3)36-26(35)32-21(15-37-24(32)18-5-4-12-28-13-18)23(34)31-25-30-20(14-38-25)16-6-8-17(9-7-16)22(33)29-19-10-11-19/h4-9,12-14,19,21,24H,10-11,15H2,1-3H3,(H,29,33)(H,30,31,34)/t21-,24?/m0/s1. The third kappa shape index (κ3) is 6.16. The average molecular weight is 552 g/mol. The zero-order valence-electron chi connectivity index (χ0n) is 21.3. The van der Waals surface area contributed by atoms with Crippen LogP contribution in [-0.2, 0) is 9.53 Å². The summed E-state index contributed by atoms with van der Waals surface area (Å²) in [5.41, 5.74) is 2.26. The molecule has 2 aromatic heterocycles. The number of nitrogens with zero attached hydrogens (tertiary/aromatic N) is 3. The summed E-state index contributed by atoms with van der Waals surface area (Å²) >= 11 is 2.79. The van der Waals surface area contributed by atoms with Crippen molar-refractivity contribution in [3.63, 3.8) is 0 Å². The number of amides is 3. The fourth-order valence-electron chi connectivity index (χ4n) is 3.97. The molecule has 1 saturated carbocycles. The number of rotatable bonds is 6. The van der Waals surface area contributed by atoms with Gasteiger partial charge in [-0.25, -0.2) is 9.78 Å². The van der Waals surface area contributed by atoms with Gasteiger partial charge >= 0.3 is 6.09 Å². The van der Waals surface area contributed by atoms with E-state index in [2.05, 4.69) is 20.6 Å². The monoisotopic (exact) mass is 551 g/mol. The fourth-order valence-corrected chi connectivity index (χ4v) is 6.09. The van der Waals surface area contributed by atoms with Crippen LogP contribution in [0.1, 0.15) is 54.9 Å². The lowest BCUT2D eigenvalue weighted by Crippen LogP contribution is -2.47. The maximum Gasteiger partial charge on any atom is 0.412 e. The van der Waals surface area contributed by atoms with Gasteiger partial charge in [0.2, 0.25) is 5.91 Å². The first-order valence-electron chi connectivity index (χ1n) is 12.4. The highest BCUT2D eigenvalue weighted by Gasteiger charge is 2.44. The van der Waals surface area contributed by atoms with E-state index in [1.807, 2.05) is 23.6 Å². The summed E-state index contributed by atoms with van der Waals surface area (Å²) in [5.74, 6) is 0.00867. The topological polar surface area (TPSA) is 114 Å². The molecule has 1 unspecified atom stereocenters. The van der Waals surface area contributed by atoms with E-state index in [1.165, 1.54) is 28.0 Å². The normalized spacial score (nSPS) is 19.2. The maximum atomic E-state index is 13.4. The maximum absolute atomic E-state index is 13.4. The lowest BCUT2D eigenvalue weighted by Gasteiger charge is -2.31. The van der Waals surface area contributed by atoms with Crippen molar-refractivity contribution in [3.05, 3.63) is 65.3 Å². The second-order valence-electron chi connectivity index (χ2n) is 10.2. The van der Waals surface area contributed by atoms with E-state index in [4.69, 9.17) is 4.74 Å². The number of carbonyl (C=O) groups excluding carboxylic acids is 3. The summed E-state index contributed by atoms with van der Waals surface area (Å²) in [6.07, 6.45) is 4.89. The van der Waals surface area contributed by atoms with Gasteiger partial charge in [0, 0.05) is 46.3 Å².